The lowest BCUT2D eigenvalue weighted by molar-refractivity contribution is 0.103. The molecule has 0 radical (unpaired) electrons. The number of rotatable bonds is 5. The molecule has 0 atom stereocenters. The Morgan fingerprint density at radius 2 is 2.28 bits per heavy atom. The second-order valence-corrected chi connectivity index (χ2v) is 8.41. The van der Waals surface area contributed by atoms with Crippen LogP contribution >= 0.6 is 34.4 Å². The van der Waals surface area contributed by atoms with Crippen LogP contribution in [-0.4, -0.2) is 25.5 Å². The fourth-order valence-electron chi connectivity index (χ4n) is 2.22. The highest BCUT2D eigenvalue weighted by Gasteiger charge is 2.12. The van der Waals surface area contributed by atoms with Gasteiger partial charge < -0.3 is 4.40 Å². The average molecular weight is 388 g/mol. The third kappa shape index (κ3) is 3.73. The number of fused-ring (bicyclic) bond motifs is 1. The van der Waals surface area contributed by atoms with E-state index in [1.807, 2.05) is 53.4 Å². The number of imidazole rings is 1. The van der Waals surface area contributed by atoms with Crippen molar-refractivity contribution in [1.29, 1.82) is 0 Å². The molecule has 0 spiro atoms. The summed E-state index contributed by atoms with van der Waals surface area (Å²) in [5.41, 5.74) is 2.98. The number of anilines is 1. The maximum Gasteiger partial charge on any atom is 0.267 e. The Bertz CT molecular complexity index is 1000. The summed E-state index contributed by atoms with van der Waals surface area (Å²) in [5.74, 6) is 0.556. The highest BCUT2D eigenvalue weighted by atomic mass is 32.2. The molecule has 4 aromatic rings. The Hall–Kier alpha value is -2.23. The number of thiophene rings is 1. The van der Waals surface area contributed by atoms with E-state index >= 15 is 0 Å². The number of pyridine rings is 1. The van der Waals surface area contributed by atoms with Crippen molar-refractivity contribution in [2.45, 2.75) is 17.0 Å². The number of hydrogen-bond donors (Lipinski definition) is 1. The van der Waals surface area contributed by atoms with E-state index in [4.69, 9.17) is 0 Å². The molecule has 4 rings (SSSR count). The first-order chi connectivity index (χ1) is 12.2. The zero-order chi connectivity index (χ0) is 17.2. The summed E-state index contributed by atoms with van der Waals surface area (Å²) in [6, 6.07) is 7.77. The first-order valence-electron chi connectivity index (χ1n) is 7.43. The van der Waals surface area contributed by atoms with Crippen LogP contribution < -0.4 is 5.32 Å². The number of aryl methyl sites for hydroxylation is 1. The predicted octanol–water partition coefficient (Wildman–Crippen LogP) is 4.10. The van der Waals surface area contributed by atoms with Gasteiger partial charge in [-0.1, -0.05) is 29.2 Å². The van der Waals surface area contributed by atoms with E-state index < -0.39 is 0 Å². The molecule has 126 valence electrons. The monoisotopic (exact) mass is 387 g/mol. The molecule has 1 N–H and O–H groups in total. The van der Waals surface area contributed by atoms with Gasteiger partial charge in [-0.3, -0.25) is 10.1 Å². The number of hydrogen-bond acceptors (Lipinski definition) is 7. The van der Waals surface area contributed by atoms with Gasteiger partial charge in [0.15, 0.2) is 4.34 Å². The zero-order valence-corrected chi connectivity index (χ0v) is 15.6. The van der Waals surface area contributed by atoms with Gasteiger partial charge >= 0.3 is 0 Å². The molecule has 0 saturated heterocycles. The molecule has 6 nitrogen and oxygen atoms in total. The number of nitrogens with one attached hydrogen (secondary N) is 1. The number of amides is 1. The topological polar surface area (TPSA) is 72.2 Å². The van der Waals surface area contributed by atoms with Gasteiger partial charge in [-0.25, -0.2) is 4.98 Å². The van der Waals surface area contributed by atoms with E-state index in [1.54, 1.807) is 11.8 Å². The van der Waals surface area contributed by atoms with Gasteiger partial charge in [0.2, 0.25) is 5.13 Å². The lowest BCUT2D eigenvalue weighted by Gasteiger charge is -1.96. The fraction of sp³-hybridized carbons (Fsp3) is 0.125. The average Bonchev–Trinajstić information content (AvgIpc) is 3.31. The highest BCUT2D eigenvalue weighted by Crippen LogP contribution is 2.28. The smallest absolute Gasteiger partial charge is 0.267 e. The van der Waals surface area contributed by atoms with Crippen molar-refractivity contribution < 1.29 is 4.79 Å². The van der Waals surface area contributed by atoms with Gasteiger partial charge in [0, 0.05) is 18.1 Å². The number of carbonyl (C=O) groups excluding carboxylic acids is 1. The molecule has 4 aromatic heterocycles. The van der Waals surface area contributed by atoms with Crippen LogP contribution in [0, 0.1) is 6.92 Å². The molecule has 4 heterocycles. The molecule has 0 aromatic carbocycles. The maximum absolute atomic E-state index is 12.1. The normalized spacial score (nSPS) is 11.1. The SMILES string of the molecule is Cc1csc(C(=O)Nc2nnc(SCc3cn4ccccc4n3)s2)c1. The van der Waals surface area contributed by atoms with Gasteiger partial charge in [-0.05, 0) is 36.1 Å². The third-order valence-corrected chi connectivity index (χ3v) is 6.39. The summed E-state index contributed by atoms with van der Waals surface area (Å²) in [6.45, 7) is 1.96. The van der Waals surface area contributed by atoms with Crippen LogP contribution in [0.5, 0.6) is 0 Å². The summed E-state index contributed by atoms with van der Waals surface area (Å²) >= 11 is 4.35. The summed E-state index contributed by atoms with van der Waals surface area (Å²) in [4.78, 5) is 17.4. The molecule has 1 amide bonds. The fourth-order valence-corrected chi connectivity index (χ4v) is 4.64. The Labute approximate surface area is 156 Å². The van der Waals surface area contributed by atoms with Gasteiger partial charge in [-0.15, -0.1) is 21.5 Å². The molecule has 9 heteroatoms. The largest absolute Gasteiger partial charge is 0.307 e. The Morgan fingerprint density at radius 1 is 1.36 bits per heavy atom. The Morgan fingerprint density at radius 3 is 3.08 bits per heavy atom. The van der Waals surface area contributed by atoms with Crippen LogP contribution in [-0.2, 0) is 5.75 Å². The second kappa shape index (κ2) is 6.95. The summed E-state index contributed by atoms with van der Waals surface area (Å²) in [5, 5.41) is 13.4. The Kier molecular flexibility index (Phi) is 4.51. The summed E-state index contributed by atoms with van der Waals surface area (Å²) < 4.78 is 2.79. The van der Waals surface area contributed by atoms with Crippen molar-refractivity contribution in [3.05, 3.63) is 58.2 Å². The molecule has 0 unspecified atom stereocenters. The van der Waals surface area contributed by atoms with E-state index in [1.165, 1.54) is 22.7 Å². The van der Waals surface area contributed by atoms with Crippen molar-refractivity contribution >= 4 is 51.1 Å². The number of thioether (sulfide) groups is 1. The molecule has 0 saturated carbocycles. The lowest BCUT2D eigenvalue weighted by atomic mass is 10.3. The summed E-state index contributed by atoms with van der Waals surface area (Å²) in [7, 11) is 0. The van der Waals surface area contributed by atoms with E-state index in [0.717, 1.165) is 21.2 Å². The quantitative estimate of drug-likeness (QED) is 0.412. The number of carbonyl (C=O) groups is 1. The number of nitrogens with zero attached hydrogens (tertiary/aromatic N) is 4. The Balaban J connectivity index is 1.38. The first-order valence-corrected chi connectivity index (χ1v) is 10.1. The van der Waals surface area contributed by atoms with E-state index in [0.29, 0.717) is 15.8 Å². The molecular formula is C16H13N5OS3. The van der Waals surface area contributed by atoms with Crippen LogP contribution in [0.2, 0.25) is 0 Å². The van der Waals surface area contributed by atoms with Crippen molar-refractivity contribution in [3.63, 3.8) is 0 Å². The van der Waals surface area contributed by atoms with Crippen molar-refractivity contribution in [2.75, 3.05) is 5.32 Å². The minimum atomic E-state index is -0.147. The van der Waals surface area contributed by atoms with E-state index in [2.05, 4.69) is 20.5 Å². The van der Waals surface area contributed by atoms with Gasteiger partial charge in [-0.2, -0.15) is 0 Å². The van der Waals surface area contributed by atoms with Crippen LogP contribution in [0.25, 0.3) is 5.65 Å². The molecule has 0 aliphatic heterocycles. The molecule has 0 aliphatic carbocycles. The molecule has 0 bridgehead atoms. The number of aromatic nitrogens is 4. The second-order valence-electron chi connectivity index (χ2n) is 5.30. The lowest BCUT2D eigenvalue weighted by Crippen LogP contribution is -2.09. The zero-order valence-electron chi connectivity index (χ0n) is 13.2. The van der Waals surface area contributed by atoms with Crippen LogP contribution in [0.1, 0.15) is 20.9 Å². The highest BCUT2D eigenvalue weighted by molar-refractivity contribution is 8.00. The van der Waals surface area contributed by atoms with Crippen LogP contribution in [0.4, 0.5) is 5.13 Å². The summed E-state index contributed by atoms with van der Waals surface area (Å²) in [6.07, 6.45) is 3.98. The minimum absolute atomic E-state index is 0.147. The van der Waals surface area contributed by atoms with E-state index in [-0.39, 0.29) is 5.91 Å². The van der Waals surface area contributed by atoms with Gasteiger partial charge in [0.25, 0.3) is 5.91 Å². The van der Waals surface area contributed by atoms with Crippen molar-refractivity contribution in [3.8, 4) is 0 Å². The van der Waals surface area contributed by atoms with Crippen LogP contribution in [0.15, 0.2) is 46.4 Å². The molecule has 0 fully saturated rings. The minimum Gasteiger partial charge on any atom is -0.307 e. The van der Waals surface area contributed by atoms with Crippen molar-refractivity contribution in [2.24, 2.45) is 0 Å². The maximum atomic E-state index is 12.1. The van der Waals surface area contributed by atoms with Crippen molar-refractivity contribution in [1.82, 2.24) is 19.6 Å². The van der Waals surface area contributed by atoms with Crippen LogP contribution in [0.3, 0.4) is 0 Å². The molecule has 0 aliphatic rings. The third-order valence-electron chi connectivity index (χ3n) is 3.34. The van der Waals surface area contributed by atoms with Gasteiger partial charge in [0.1, 0.15) is 5.65 Å². The van der Waals surface area contributed by atoms with E-state index in [9.17, 15) is 4.79 Å². The standard InChI is InChI=1S/C16H13N5OS3/c1-10-6-12(23-8-10)14(22)18-15-19-20-16(25-15)24-9-11-7-21-5-3-2-4-13(21)17-11/h2-8H,9H2,1H3,(H,18,19,22). The molecular weight excluding hydrogens is 374 g/mol. The predicted molar refractivity (Wildman–Crippen MR) is 102 cm³/mol. The van der Waals surface area contributed by atoms with Gasteiger partial charge in [0.05, 0.1) is 10.6 Å². The molecule has 25 heavy (non-hydrogen) atoms. The first kappa shape index (κ1) is 16.2.